The van der Waals surface area contributed by atoms with E-state index in [2.05, 4.69) is 10.1 Å². The van der Waals surface area contributed by atoms with Crippen LogP contribution in [0.3, 0.4) is 0 Å². The van der Waals surface area contributed by atoms with Crippen LogP contribution < -0.4 is 5.73 Å². The van der Waals surface area contributed by atoms with Gasteiger partial charge in [-0.3, -0.25) is 9.78 Å². The summed E-state index contributed by atoms with van der Waals surface area (Å²) >= 11 is 0. The monoisotopic (exact) mass is 216 g/mol. The lowest BCUT2D eigenvalue weighted by molar-refractivity contribution is 0.0999. The van der Waals surface area contributed by atoms with Crippen molar-refractivity contribution in [2.24, 2.45) is 5.73 Å². The van der Waals surface area contributed by atoms with Crippen LogP contribution in [-0.2, 0) is 0 Å². The molecule has 2 aromatic rings. The van der Waals surface area contributed by atoms with Crippen molar-refractivity contribution in [3.05, 3.63) is 41.5 Å². The van der Waals surface area contributed by atoms with Crippen LogP contribution in [0.4, 0.5) is 0 Å². The molecule has 0 saturated carbocycles. The van der Waals surface area contributed by atoms with E-state index in [9.17, 15) is 4.79 Å². The van der Waals surface area contributed by atoms with E-state index in [1.54, 1.807) is 36.1 Å². The van der Waals surface area contributed by atoms with Gasteiger partial charge in [0.2, 0.25) is 0 Å². The van der Waals surface area contributed by atoms with Crippen LogP contribution in [0.15, 0.2) is 24.5 Å². The van der Waals surface area contributed by atoms with Gasteiger partial charge in [0.1, 0.15) is 0 Å². The van der Waals surface area contributed by atoms with E-state index >= 15 is 0 Å². The Morgan fingerprint density at radius 2 is 2.19 bits per heavy atom. The molecule has 0 saturated heterocycles. The van der Waals surface area contributed by atoms with E-state index in [4.69, 9.17) is 5.73 Å². The van der Waals surface area contributed by atoms with Crippen molar-refractivity contribution in [2.45, 2.75) is 13.8 Å². The van der Waals surface area contributed by atoms with Crippen LogP contribution in [0.5, 0.6) is 0 Å². The highest BCUT2D eigenvalue weighted by atomic mass is 16.1. The predicted octanol–water partition coefficient (Wildman–Crippen LogP) is 0.983. The van der Waals surface area contributed by atoms with Gasteiger partial charge >= 0.3 is 0 Å². The van der Waals surface area contributed by atoms with Crippen molar-refractivity contribution < 1.29 is 4.79 Å². The third-order valence-corrected chi connectivity index (χ3v) is 2.31. The number of nitrogens with zero attached hydrogens (tertiary/aromatic N) is 3. The number of carbonyl (C=O) groups excluding carboxylic acids is 1. The van der Waals surface area contributed by atoms with Gasteiger partial charge in [0.25, 0.3) is 5.91 Å². The lowest BCUT2D eigenvalue weighted by atomic mass is 10.1. The number of rotatable bonds is 2. The quantitative estimate of drug-likeness (QED) is 0.813. The standard InChI is InChI=1S/C11H12N4O/c1-7-6-9(15-5-3-4-13-15)10(11(12)16)8(2)14-7/h3-6H,1-2H3,(H2,12,16). The molecule has 2 N–H and O–H groups in total. The molecule has 0 bridgehead atoms. The zero-order chi connectivity index (χ0) is 11.7. The van der Waals surface area contributed by atoms with Crippen molar-refractivity contribution >= 4 is 5.91 Å². The second kappa shape index (κ2) is 3.77. The van der Waals surface area contributed by atoms with Gasteiger partial charge in [0.05, 0.1) is 16.9 Å². The van der Waals surface area contributed by atoms with Gasteiger partial charge in [-0.1, -0.05) is 0 Å². The Balaban J connectivity index is 2.72. The Hall–Kier alpha value is -2.17. The second-order valence-electron chi connectivity index (χ2n) is 3.56. The minimum absolute atomic E-state index is 0.411. The maximum Gasteiger partial charge on any atom is 0.252 e. The smallest absolute Gasteiger partial charge is 0.252 e. The predicted molar refractivity (Wildman–Crippen MR) is 59.4 cm³/mol. The highest BCUT2D eigenvalue weighted by Crippen LogP contribution is 2.17. The van der Waals surface area contributed by atoms with E-state index in [-0.39, 0.29) is 0 Å². The number of carbonyl (C=O) groups is 1. The Kier molecular flexibility index (Phi) is 2.44. The van der Waals surface area contributed by atoms with Crippen molar-refractivity contribution in [1.82, 2.24) is 14.8 Å². The topological polar surface area (TPSA) is 73.8 Å². The lowest BCUT2D eigenvalue weighted by Crippen LogP contribution is -2.18. The summed E-state index contributed by atoms with van der Waals surface area (Å²) in [7, 11) is 0. The van der Waals surface area contributed by atoms with E-state index in [1.807, 2.05) is 6.92 Å². The van der Waals surface area contributed by atoms with Gasteiger partial charge in [0, 0.05) is 18.1 Å². The summed E-state index contributed by atoms with van der Waals surface area (Å²) in [6, 6.07) is 3.58. The maximum absolute atomic E-state index is 11.4. The molecular weight excluding hydrogens is 204 g/mol. The molecule has 2 aromatic heterocycles. The molecule has 16 heavy (non-hydrogen) atoms. The molecule has 2 rings (SSSR count). The first-order valence-corrected chi connectivity index (χ1v) is 4.87. The largest absolute Gasteiger partial charge is 0.365 e. The average Bonchev–Trinajstić information content (AvgIpc) is 2.67. The van der Waals surface area contributed by atoms with E-state index in [0.717, 1.165) is 5.69 Å². The summed E-state index contributed by atoms with van der Waals surface area (Å²) in [4.78, 5) is 15.6. The minimum atomic E-state index is -0.490. The Morgan fingerprint density at radius 3 is 2.75 bits per heavy atom. The van der Waals surface area contributed by atoms with Crippen LogP contribution in [-0.4, -0.2) is 20.7 Å². The summed E-state index contributed by atoms with van der Waals surface area (Å²) < 4.78 is 1.61. The third-order valence-electron chi connectivity index (χ3n) is 2.31. The van der Waals surface area contributed by atoms with Crippen LogP contribution in [0.25, 0.3) is 5.69 Å². The first-order chi connectivity index (χ1) is 7.59. The maximum atomic E-state index is 11.4. The summed E-state index contributed by atoms with van der Waals surface area (Å²) in [5.41, 5.74) is 7.88. The van der Waals surface area contributed by atoms with E-state index in [1.165, 1.54) is 0 Å². The average molecular weight is 216 g/mol. The summed E-state index contributed by atoms with van der Waals surface area (Å²) in [5.74, 6) is -0.490. The van der Waals surface area contributed by atoms with Gasteiger partial charge in [-0.15, -0.1) is 0 Å². The number of primary amides is 1. The molecule has 0 atom stereocenters. The molecule has 82 valence electrons. The summed E-state index contributed by atoms with van der Waals surface area (Å²) in [5, 5.41) is 4.09. The van der Waals surface area contributed by atoms with Crippen LogP contribution >= 0.6 is 0 Å². The molecule has 2 heterocycles. The van der Waals surface area contributed by atoms with Crippen LogP contribution in [0, 0.1) is 13.8 Å². The normalized spacial score (nSPS) is 10.4. The molecule has 1 amide bonds. The fourth-order valence-electron chi connectivity index (χ4n) is 1.70. The lowest BCUT2D eigenvalue weighted by Gasteiger charge is -2.10. The third kappa shape index (κ3) is 1.67. The second-order valence-corrected chi connectivity index (χ2v) is 3.56. The Labute approximate surface area is 92.9 Å². The van der Waals surface area contributed by atoms with Gasteiger partial charge in [-0.2, -0.15) is 5.10 Å². The number of amides is 1. The first kappa shape index (κ1) is 10.4. The number of pyridine rings is 1. The van der Waals surface area contributed by atoms with Gasteiger partial charge in [0.15, 0.2) is 0 Å². The fraction of sp³-hybridized carbons (Fsp3) is 0.182. The molecule has 0 aliphatic carbocycles. The molecule has 5 heteroatoms. The van der Waals surface area contributed by atoms with Crippen LogP contribution in [0.2, 0.25) is 0 Å². The summed E-state index contributed by atoms with van der Waals surface area (Å²) in [6.07, 6.45) is 3.41. The molecule has 0 radical (unpaired) electrons. The van der Waals surface area contributed by atoms with Crippen LogP contribution in [0.1, 0.15) is 21.7 Å². The highest BCUT2D eigenvalue weighted by Gasteiger charge is 2.15. The van der Waals surface area contributed by atoms with Crippen molar-refractivity contribution in [2.75, 3.05) is 0 Å². The van der Waals surface area contributed by atoms with Crippen molar-refractivity contribution in [3.8, 4) is 5.69 Å². The molecule has 0 spiro atoms. The zero-order valence-corrected chi connectivity index (χ0v) is 9.14. The van der Waals surface area contributed by atoms with E-state index < -0.39 is 5.91 Å². The molecule has 0 aliphatic heterocycles. The first-order valence-electron chi connectivity index (χ1n) is 4.87. The number of hydrogen-bond donors (Lipinski definition) is 1. The SMILES string of the molecule is Cc1cc(-n2cccn2)c(C(N)=O)c(C)n1. The molecule has 5 nitrogen and oxygen atoms in total. The molecule has 0 aromatic carbocycles. The zero-order valence-electron chi connectivity index (χ0n) is 9.14. The Morgan fingerprint density at radius 1 is 1.44 bits per heavy atom. The molecule has 0 fully saturated rings. The van der Waals surface area contributed by atoms with Gasteiger partial charge in [-0.05, 0) is 26.0 Å². The van der Waals surface area contributed by atoms with Gasteiger partial charge < -0.3 is 5.73 Å². The number of aryl methyl sites for hydroxylation is 2. The Bertz CT molecular complexity index is 531. The number of hydrogen-bond acceptors (Lipinski definition) is 3. The van der Waals surface area contributed by atoms with Gasteiger partial charge in [-0.25, -0.2) is 4.68 Å². The highest BCUT2D eigenvalue weighted by molar-refractivity contribution is 5.97. The number of aromatic nitrogens is 3. The minimum Gasteiger partial charge on any atom is -0.365 e. The fourth-order valence-corrected chi connectivity index (χ4v) is 1.70. The molecular formula is C11H12N4O. The van der Waals surface area contributed by atoms with Crippen molar-refractivity contribution in [1.29, 1.82) is 0 Å². The molecule has 0 aliphatic rings. The summed E-state index contributed by atoms with van der Waals surface area (Å²) in [6.45, 7) is 3.63. The van der Waals surface area contributed by atoms with Crippen molar-refractivity contribution in [3.63, 3.8) is 0 Å². The molecule has 0 unspecified atom stereocenters. The van der Waals surface area contributed by atoms with E-state index in [0.29, 0.717) is 16.9 Å². The number of nitrogens with two attached hydrogens (primary N) is 1.